The summed E-state index contributed by atoms with van der Waals surface area (Å²) in [5.74, 6) is 0.125. The summed E-state index contributed by atoms with van der Waals surface area (Å²) in [5, 5.41) is 8.98. The number of alkyl halides is 3. The van der Waals surface area contributed by atoms with Crippen LogP contribution >= 0.6 is 0 Å². The summed E-state index contributed by atoms with van der Waals surface area (Å²) < 4.78 is 43.5. The minimum atomic E-state index is -4.41. The number of carbonyl (C=O) groups excluding carboxylic acids is 1. The van der Waals surface area contributed by atoms with Crippen LogP contribution in [0, 0.1) is 17.2 Å². The largest absolute Gasteiger partial charge is 0.474 e. The third-order valence-corrected chi connectivity index (χ3v) is 5.47. The number of aryl methyl sites for hydroxylation is 1. The first-order valence-electron chi connectivity index (χ1n) is 9.79. The first-order valence-corrected chi connectivity index (χ1v) is 9.79. The number of amides is 1. The van der Waals surface area contributed by atoms with Crippen LogP contribution in [0.5, 0.6) is 5.88 Å². The van der Waals surface area contributed by atoms with Crippen molar-refractivity contribution in [1.82, 2.24) is 4.98 Å². The van der Waals surface area contributed by atoms with Gasteiger partial charge in [0, 0.05) is 17.8 Å². The van der Waals surface area contributed by atoms with Gasteiger partial charge in [-0.1, -0.05) is 6.07 Å². The van der Waals surface area contributed by atoms with Gasteiger partial charge in [0.05, 0.1) is 17.2 Å². The molecular formula is C22H22F3N3O2. The van der Waals surface area contributed by atoms with E-state index in [1.165, 1.54) is 12.1 Å². The van der Waals surface area contributed by atoms with E-state index < -0.39 is 17.6 Å². The van der Waals surface area contributed by atoms with Crippen molar-refractivity contribution in [2.45, 2.75) is 50.8 Å². The maximum absolute atomic E-state index is 12.6. The molecule has 1 aliphatic rings. The summed E-state index contributed by atoms with van der Waals surface area (Å²) in [4.78, 5) is 15.4. The smallest absolute Gasteiger partial charge is 0.417 e. The van der Waals surface area contributed by atoms with Crippen molar-refractivity contribution in [2.24, 2.45) is 11.7 Å². The Kier molecular flexibility index (Phi) is 6.60. The van der Waals surface area contributed by atoms with E-state index in [1.54, 1.807) is 12.1 Å². The number of nitriles is 1. The molecule has 1 aromatic heterocycles. The highest BCUT2D eigenvalue weighted by molar-refractivity contribution is 5.94. The van der Waals surface area contributed by atoms with Crippen molar-refractivity contribution >= 4 is 5.91 Å². The van der Waals surface area contributed by atoms with Gasteiger partial charge in [-0.05, 0) is 68.2 Å². The zero-order valence-electron chi connectivity index (χ0n) is 16.3. The molecule has 3 rings (SSSR count). The van der Waals surface area contributed by atoms with E-state index in [9.17, 15) is 18.0 Å². The lowest BCUT2D eigenvalue weighted by Gasteiger charge is -2.28. The molecule has 30 heavy (non-hydrogen) atoms. The molecule has 1 amide bonds. The number of hydrogen-bond donors (Lipinski definition) is 1. The van der Waals surface area contributed by atoms with E-state index in [0.717, 1.165) is 49.9 Å². The Morgan fingerprint density at radius 1 is 1.20 bits per heavy atom. The van der Waals surface area contributed by atoms with Gasteiger partial charge in [-0.3, -0.25) is 4.79 Å². The van der Waals surface area contributed by atoms with Gasteiger partial charge in [-0.25, -0.2) is 4.98 Å². The average Bonchev–Trinajstić information content (AvgIpc) is 2.73. The molecule has 0 radical (unpaired) electrons. The van der Waals surface area contributed by atoms with Gasteiger partial charge in [-0.2, -0.15) is 18.4 Å². The molecule has 0 aliphatic heterocycles. The number of nitrogens with zero attached hydrogens (tertiary/aromatic N) is 2. The van der Waals surface area contributed by atoms with Crippen molar-refractivity contribution in [3.8, 4) is 11.9 Å². The number of halogens is 3. The Labute approximate surface area is 172 Å². The quantitative estimate of drug-likeness (QED) is 0.741. The Balaban J connectivity index is 1.49. The molecule has 0 spiro atoms. The third-order valence-electron chi connectivity index (χ3n) is 5.47. The first kappa shape index (κ1) is 21.6. The van der Waals surface area contributed by atoms with Crippen LogP contribution in [0.1, 0.15) is 59.2 Å². The van der Waals surface area contributed by atoms with Gasteiger partial charge < -0.3 is 10.5 Å². The van der Waals surface area contributed by atoms with E-state index in [-0.39, 0.29) is 12.0 Å². The number of benzene rings is 1. The third kappa shape index (κ3) is 5.50. The summed E-state index contributed by atoms with van der Waals surface area (Å²) >= 11 is 0. The molecule has 1 saturated carbocycles. The number of nitrogens with two attached hydrogens (primary N) is 1. The Morgan fingerprint density at radius 3 is 2.50 bits per heavy atom. The van der Waals surface area contributed by atoms with Crippen molar-refractivity contribution < 1.29 is 22.7 Å². The molecule has 1 heterocycles. The van der Waals surface area contributed by atoms with Crippen LogP contribution in [0.15, 0.2) is 36.5 Å². The second kappa shape index (κ2) is 9.16. The molecule has 0 bridgehead atoms. The van der Waals surface area contributed by atoms with Crippen LogP contribution in [0.2, 0.25) is 0 Å². The molecule has 2 aromatic rings. The van der Waals surface area contributed by atoms with E-state index in [1.807, 2.05) is 6.07 Å². The van der Waals surface area contributed by atoms with Gasteiger partial charge in [0.2, 0.25) is 11.8 Å². The fourth-order valence-electron chi connectivity index (χ4n) is 3.78. The van der Waals surface area contributed by atoms with E-state index in [0.29, 0.717) is 23.5 Å². The average molecular weight is 417 g/mol. The van der Waals surface area contributed by atoms with Crippen LogP contribution in [-0.2, 0) is 12.6 Å². The SMILES string of the molecule is N#Cc1ccc(CCC2CCC(Oc3ccc(C(F)(F)F)cn3)CC2)c(C(N)=O)c1. The number of pyridine rings is 1. The Hall–Kier alpha value is -3.08. The topological polar surface area (TPSA) is 89.0 Å². The Morgan fingerprint density at radius 2 is 1.93 bits per heavy atom. The molecule has 0 atom stereocenters. The standard InChI is InChI=1S/C22H22F3N3O2/c23-22(24,25)17-7-10-20(28-13-17)30-18-8-3-14(4-9-18)1-5-16-6-2-15(12-26)11-19(16)21(27)29/h2,6-7,10-11,13-14,18H,1,3-5,8-9H2,(H2,27,29). The van der Waals surface area contributed by atoms with Gasteiger partial charge in [-0.15, -0.1) is 0 Å². The molecule has 1 aromatic carbocycles. The highest BCUT2D eigenvalue weighted by Crippen LogP contribution is 2.32. The number of hydrogen-bond acceptors (Lipinski definition) is 4. The molecule has 2 N–H and O–H groups in total. The fourth-order valence-corrected chi connectivity index (χ4v) is 3.78. The minimum Gasteiger partial charge on any atom is -0.474 e. The molecule has 0 saturated heterocycles. The van der Waals surface area contributed by atoms with E-state index in [4.69, 9.17) is 15.7 Å². The predicted octanol–water partition coefficient (Wildman–Crippen LogP) is 4.64. The monoisotopic (exact) mass is 417 g/mol. The molecular weight excluding hydrogens is 395 g/mol. The predicted molar refractivity (Wildman–Crippen MR) is 104 cm³/mol. The number of primary amides is 1. The van der Waals surface area contributed by atoms with Gasteiger partial charge in [0.15, 0.2) is 0 Å². The fraction of sp³-hybridized carbons (Fsp3) is 0.409. The molecule has 8 heteroatoms. The number of aromatic nitrogens is 1. The molecule has 1 aliphatic carbocycles. The van der Waals surface area contributed by atoms with Gasteiger partial charge in [0.25, 0.3) is 0 Å². The van der Waals surface area contributed by atoms with Crippen molar-refractivity contribution in [1.29, 1.82) is 5.26 Å². The number of rotatable bonds is 6. The van der Waals surface area contributed by atoms with Gasteiger partial charge in [0.1, 0.15) is 6.10 Å². The second-order valence-electron chi connectivity index (χ2n) is 7.53. The molecule has 0 unspecified atom stereocenters. The lowest BCUT2D eigenvalue weighted by atomic mass is 9.83. The number of ether oxygens (including phenoxy) is 1. The van der Waals surface area contributed by atoms with Crippen LogP contribution < -0.4 is 10.5 Å². The zero-order chi connectivity index (χ0) is 21.7. The maximum atomic E-state index is 12.6. The van der Waals surface area contributed by atoms with Crippen molar-refractivity contribution in [2.75, 3.05) is 0 Å². The zero-order valence-corrected chi connectivity index (χ0v) is 16.3. The van der Waals surface area contributed by atoms with Crippen LogP contribution in [-0.4, -0.2) is 17.0 Å². The highest BCUT2D eigenvalue weighted by Gasteiger charge is 2.31. The minimum absolute atomic E-state index is 0.0680. The van der Waals surface area contributed by atoms with E-state index >= 15 is 0 Å². The summed E-state index contributed by atoms with van der Waals surface area (Å²) in [5.41, 5.74) is 6.28. The number of carbonyl (C=O) groups is 1. The Bertz CT molecular complexity index is 928. The molecule has 5 nitrogen and oxygen atoms in total. The van der Waals surface area contributed by atoms with Crippen molar-refractivity contribution in [3.63, 3.8) is 0 Å². The normalized spacial score (nSPS) is 19.1. The highest BCUT2D eigenvalue weighted by atomic mass is 19.4. The summed E-state index contributed by atoms with van der Waals surface area (Å²) in [6.07, 6.45) is 1.33. The van der Waals surface area contributed by atoms with Crippen LogP contribution in [0.25, 0.3) is 0 Å². The van der Waals surface area contributed by atoms with E-state index in [2.05, 4.69) is 4.98 Å². The molecule has 1 fully saturated rings. The summed E-state index contributed by atoms with van der Waals surface area (Å²) in [6.45, 7) is 0. The summed E-state index contributed by atoms with van der Waals surface area (Å²) in [6, 6.07) is 9.23. The summed E-state index contributed by atoms with van der Waals surface area (Å²) in [7, 11) is 0. The lowest BCUT2D eigenvalue weighted by Crippen LogP contribution is -2.25. The second-order valence-corrected chi connectivity index (χ2v) is 7.53. The van der Waals surface area contributed by atoms with Crippen LogP contribution in [0.4, 0.5) is 13.2 Å². The maximum Gasteiger partial charge on any atom is 0.417 e. The van der Waals surface area contributed by atoms with Crippen molar-refractivity contribution in [3.05, 3.63) is 58.8 Å². The van der Waals surface area contributed by atoms with Crippen LogP contribution in [0.3, 0.4) is 0 Å². The molecule has 158 valence electrons. The first-order chi connectivity index (χ1) is 14.3. The van der Waals surface area contributed by atoms with Gasteiger partial charge >= 0.3 is 6.18 Å². The lowest BCUT2D eigenvalue weighted by molar-refractivity contribution is -0.137.